The molecule has 23 heavy (non-hydrogen) atoms. The van der Waals surface area contributed by atoms with Crippen LogP contribution in [0.2, 0.25) is 0 Å². The fourth-order valence-corrected chi connectivity index (χ4v) is 4.17. The van der Waals surface area contributed by atoms with Crippen molar-refractivity contribution in [1.29, 1.82) is 0 Å². The van der Waals surface area contributed by atoms with Crippen molar-refractivity contribution in [2.45, 2.75) is 11.8 Å². The number of hydrogen-bond donors (Lipinski definition) is 0. The Kier molecular flexibility index (Phi) is 4.37. The molecule has 1 aliphatic rings. The topological polar surface area (TPSA) is 40.6 Å². The van der Waals surface area contributed by atoms with Gasteiger partial charge in [-0.25, -0.2) is 12.8 Å². The van der Waals surface area contributed by atoms with Gasteiger partial charge in [-0.15, -0.1) is 0 Å². The molecule has 0 atom stereocenters. The van der Waals surface area contributed by atoms with Gasteiger partial charge in [0.15, 0.2) is 0 Å². The maximum atomic E-state index is 13.3. The molecular weight excluding hydrogens is 315 g/mol. The molecule has 2 aromatic carbocycles. The fourth-order valence-electron chi connectivity index (χ4n) is 2.72. The van der Waals surface area contributed by atoms with Gasteiger partial charge in [-0.1, -0.05) is 23.8 Å². The SMILES string of the molecule is Cc1ccc(N2CCN(S(=O)(=O)c3cccc(F)c3)CC2)cc1. The van der Waals surface area contributed by atoms with Crippen molar-refractivity contribution < 1.29 is 12.8 Å². The molecule has 0 aliphatic carbocycles. The van der Waals surface area contributed by atoms with Gasteiger partial charge in [0.2, 0.25) is 10.0 Å². The minimum Gasteiger partial charge on any atom is -0.369 e. The summed E-state index contributed by atoms with van der Waals surface area (Å²) in [5, 5.41) is 0. The Bertz CT molecular complexity index is 782. The number of benzene rings is 2. The first-order chi connectivity index (χ1) is 11.0. The Morgan fingerprint density at radius 1 is 0.957 bits per heavy atom. The first kappa shape index (κ1) is 16.0. The number of rotatable bonds is 3. The highest BCUT2D eigenvalue weighted by molar-refractivity contribution is 7.89. The second-order valence-corrected chi connectivity index (χ2v) is 7.62. The van der Waals surface area contributed by atoms with E-state index in [0.29, 0.717) is 26.2 Å². The number of sulfonamides is 1. The van der Waals surface area contributed by atoms with E-state index in [2.05, 4.69) is 4.90 Å². The number of aryl methyl sites for hydroxylation is 1. The van der Waals surface area contributed by atoms with Crippen molar-refractivity contribution in [2.24, 2.45) is 0 Å². The van der Waals surface area contributed by atoms with Crippen LogP contribution in [0.25, 0.3) is 0 Å². The zero-order valence-electron chi connectivity index (χ0n) is 12.9. The van der Waals surface area contributed by atoms with Crippen molar-refractivity contribution in [3.8, 4) is 0 Å². The molecule has 4 nitrogen and oxygen atoms in total. The molecule has 1 saturated heterocycles. The minimum absolute atomic E-state index is 0.0151. The molecule has 1 heterocycles. The molecule has 0 radical (unpaired) electrons. The minimum atomic E-state index is -3.63. The van der Waals surface area contributed by atoms with Crippen molar-refractivity contribution in [3.63, 3.8) is 0 Å². The highest BCUT2D eigenvalue weighted by Gasteiger charge is 2.28. The third-order valence-corrected chi connectivity index (χ3v) is 5.97. The van der Waals surface area contributed by atoms with Crippen LogP contribution in [0, 0.1) is 12.7 Å². The van der Waals surface area contributed by atoms with Crippen molar-refractivity contribution in [2.75, 3.05) is 31.1 Å². The molecule has 122 valence electrons. The third-order valence-electron chi connectivity index (χ3n) is 4.07. The maximum Gasteiger partial charge on any atom is 0.243 e. The van der Waals surface area contributed by atoms with E-state index < -0.39 is 15.8 Å². The number of hydrogen-bond acceptors (Lipinski definition) is 3. The van der Waals surface area contributed by atoms with Crippen LogP contribution in [0.1, 0.15) is 5.56 Å². The van der Waals surface area contributed by atoms with Crippen LogP contribution >= 0.6 is 0 Å². The summed E-state index contributed by atoms with van der Waals surface area (Å²) in [6, 6.07) is 13.4. The van der Waals surface area contributed by atoms with E-state index in [-0.39, 0.29) is 4.90 Å². The van der Waals surface area contributed by atoms with Gasteiger partial charge in [-0.05, 0) is 37.3 Å². The molecule has 0 N–H and O–H groups in total. The van der Waals surface area contributed by atoms with Crippen LogP contribution in [0.4, 0.5) is 10.1 Å². The quantitative estimate of drug-likeness (QED) is 0.866. The number of nitrogens with zero attached hydrogens (tertiary/aromatic N) is 2. The van der Waals surface area contributed by atoms with Crippen LogP contribution in [0.5, 0.6) is 0 Å². The Labute approximate surface area is 136 Å². The van der Waals surface area contributed by atoms with Gasteiger partial charge in [0, 0.05) is 31.9 Å². The van der Waals surface area contributed by atoms with Crippen LogP contribution in [-0.4, -0.2) is 38.9 Å². The summed E-state index contributed by atoms with van der Waals surface area (Å²) >= 11 is 0. The lowest BCUT2D eigenvalue weighted by Gasteiger charge is -2.35. The zero-order chi connectivity index (χ0) is 16.4. The summed E-state index contributed by atoms with van der Waals surface area (Å²) in [6.45, 7) is 4.07. The molecule has 6 heteroatoms. The molecule has 0 saturated carbocycles. The van der Waals surface area contributed by atoms with E-state index in [1.54, 1.807) is 0 Å². The summed E-state index contributed by atoms with van der Waals surface area (Å²) in [5.74, 6) is -0.538. The second kappa shape index (κ2) is 6.29. The smallest absolute Gasteiger partial charge is 0.243 e. The molecule has 0 aromatic heterocycles. The average Bonchev–Trinajstić information content (AvgIpc) is 2.56. The molecule has 0 bridgehead atoms. The van der Waals surface area contributed by atoms with E-state index in [1.807, 2.05) is 31.2 Å². The summed E-state index contributed by atoms with van der Waals surface area (Å²) in [7, 11) is -3.63. The molecular formula is C17H19FN2O2S. The molecule has 2 aromatic rings. The lowest BCUT2D eigenvalue weighted by atomic mass is 10.2. The Morgan fingerprint density at radius 3 is 2.22 bits per heavy atom. The molecule has 0 spiro atoms. The molecule has 1 aliphatic heterocycles. The van der Waals surface area contributed by atoms with E-state index in [1.165, 1.54) is 28.1 Å². The van der Waals surface area contributed by atoms with Gasteiger partial charge in [-0.2, -0.15) is 4.31 Å². The molecule has 0 unspecified atom stereocenters. The van der Waals surface area contributed by atoms with Gasteiger partial charge in [-0.3, -0.25) is 0 Å². The standard InChI is InChI=1S/C17H19FN2O2S/c1-14-5-7-16(8-6-14)19-9-11-20(12-10-19)23(21,22)17-4-2-3-15(18)13-17/h2-8,13H,9-12H2,1H3. The van der Waals surface area contributed by atoms with Crippen LogP contribution in [0.15, 0.2) is 53.4 Å². The van der Waals surface area contributed by atoms with Gasteiger partial charge in [0.25, 0.3) is 0 Å². The molecule has 0 amide bonds. The largest absolute Gasteiger partial charge is 0.369 e. The number of halogens is 1. The van der Waals surface area contributed by atoms with Crippen molar-refractivity contribution in [1.82, 2.24) is 4.31 Å². The predicted molar refractivity (Wildman–Crippen MR) is 88.6 cm³/mol. The summed E-state index contributed by atoms with van der Waals surface area (Å²) in [4.78, 5) is 2.18. The number of piperazine rings is 1. The second-order valence-electron chi connectivity index (χ2n) is 5.68. The molecule has 3 rings (SSSR count). The number of anilines is 1. The Balaban J connectivity index is 1.72. The van der Waals surface area contributed by atoms with Crippen molar-refractivity contribution >= 4 is 15.7 Å². The van der Waals surface area contributed by atoms with Crippen LogP contribution in [-0.2, 0) is 10.0 Å². The van der Waals surface area contributed by atoms with Gasteiger partial charge in [0.1, 0.15) is 5.82 Å². The van der Waals surface area contributed by atoms with Gasteiger partial charge >= 0.3 is 0 Å². The predicted octanol–water partition coefficient (Wildman–Crippen LogP) is 2.65. The third kappa shape index (κ3) is 3.38. The highest BCUT2D eigenvalue weighted by Crippen LogP contribution is 2.21. The Morgan fingerprint density at radius 2 is 1.61 bits per heavy atom. The van der Waals surface area contributed by atoms with Crippen molar-refractivity contribution in [3.05, 3.63) is 59.9 Å². The Hall–Kier alpha value is -1.92. The molecule has 1 fully saturated rings. The average molecular weight is 334 g/mol. The normalized spacial score (nSPS) is 16.5. The van der Waals surface area contributed by atoms with Crippen LogP contribution < -0.4 is 4.90 Å². The highest BCUT2D eigenvalue weighted by atomic mass is 32.2. The lowest BCUT2D eigenvalue weighted by Crippen LogP contribution is -2.48. The summed E-state index contributed by atoms with van der Waals surface area (Å²) in [6.07, 6.45) is 0. The van der Waals surface area contributed by atoms with E-state index in [9.17, 15) is 12.8 Å². The van der Waals surface area contributed by atoms with E-state index in [0.717, 1.165) is 11.8 Å². The monoisotopic (exact) mass is 334 g/mol. The van der Waals surface area contributed by atoms with E-state index in [4.69, 9.17) is 0 Å². The summed E-state index contributed by atoms with van der Waals surface area (Å²) in [5.41, 5.74) is 2.29. The van der Waals surface area contributed by atoms with E-state index >= 15 is 0 Å². The first-order valence-electron chi connectivity index (χ1n) is 7.54. The summed E-state index contributed by atoms with van der Waals surface area (Å²) < 4.78 is 39.8. The fraction of sp³-hybridized carbons (Fsp3) is 0.294. The lowest BCUT2D eigenvalue weighted by molar-refractivity contribution is 0.384. The maximum absolute atomic E-state index is 13.3. The first-order valence-corrected chi connectivity index (χ1v) is 8.98. The zero-order valence-corrected chi connectivity index (χ0v) is 13.8. The van der Waals surface area contributed by atoms with Gasteiger partial charge in [0.05, 0.1) is 4.90 Å². The van der Waals surface area contributed by atoms with Crippen LogP contribution in [0.3, 0.4) is 0 Å². The van der Waals surface area contributed by atoms with Gasteiger partial charge < -0.3 is 4.90 Å².